The zero-order valence-electron chi connectivity index (χ0n) is 26.6. The summed E-state index contributed by atoms with van der Waals surface area (Å²) in [5.74, 6) is 2.43. The highest BCUT2D eigenvalue weighted by molar-refractivity contribution is 7.86. The molecular weight excluding hydrogens is 607 g/mol. The van der Waals surface area contributed by atoms with Gasteiger partial charge in [-0.05, 0) is 65.4 Å². The Bertz CT molecular complexity index is 2450. The molecule has 2 aliphatic rings. The Hall–Kier alpha value is -5.63. The monoisotopic (exact) mass is 638 g/mol. The minimum absolute atomic E-state index is 0.583. The smallest absolute Gasteiger partial charge is 0.185 e. The number of ether oxygens (including phenoxy) is 2. The molecule has 0 bridgehead atoms. The average molecular weight is 639 g/mol. The van der Waals surface area contributed by atoms with Crippen LogP contribution in [0.15, 0.2) is 152 Å². The van der Waals surface area contributed by atoms with Crippen LogP contribution in [0.1, 0.15) is 11.1 Å². The van der Waals surface area contributed by atoms with Crippen molar-refractivity contribution in [2.75, 3.05) is 0 Å². The fourth-order valence-corrected chi connectivity index (χ4v) is 10.4. The van der Waals surface area contributed by atoms with Gasteiger partial charge in [-0.2, -0.15) is 0 Å². The van der Waals surface area contributed by atoms with Gasteiger partial charge < -0.3 is 14.0 Å². The first-order valence-corrected chi connectivity index (χ1v) is 17.9. The standard InChI is InChI=1S/C44H31O3P/c1-28-15-9-11-21-32(28)35-24-14-26-39-41(35)47-43-37(33-22-12-10-16-29(33)2)27-36(31-19-7-4-8-20-31)42-44(43)48(39,45)38-25-13-23-34(40(38)46-42)30-17-5-3-6-18-30/h3-27H,1-2H3. The van der Waals surface area contributed by atoms with Crippen molar-refractivity contribution in [3.05, 3.63) is 163 Å². The molecule has 7 aromatic carbocycles. The molecule has 48 heavy (non-hydrogen) atoms. The van der Waals surface area contributed by atoms with Crippen LogP contribution in [0.2, 0.25) is 0 Å². The molecule has 9 rings (SSSR count). The van der Waals surface area contributed by atoms with Crippen molar-refractivity contribution in [1.29, 1.82) is 0 Å². The van der Waals surface area contributed by atoms with Gasteiger partial charge in [-0.1, -0.05) is 133 Å². The van der Waals surface area contributed by atoms with E-state index < -0.39 is 7.14 Å². The van der Waals surface area contributed by atoms with Crippen LogP contribution in [0, 0.1) is 13.8 Å². The molecule has 0 radical (unpaired) electrons. The van der Waals surface area contributed by atoms with Crippen molar-refractivity contribution in [3.8, 4) is 67.5 Å². The van der Waals surface area contributed by atoms with Crippen LogP contribution >= 0.6 is 7.14 Å². The van der Waals surface area contributed by atoms with Gasteiger partial charge >= 0.3 is 0 Å². The maximum Gasteiger partial charge on any atom is 0.185 e. The predicted octanol–water partition coefficient (Wildman–Crippen LogP) is 10.8. The lowest BCUT2D eigenvalue weighted by molar-refractivity contribution is 0.465. The number of aryl methyl sites for hydroxylation is 2. The number of fused-ring (bicyclic) bond motifs is 4. The Morgan fingerprint density at radius 1 is 0.396 bits per heavy atom. The van der Waals surface area contributed by atoms with Crippen LogP contribution in [0.25, 0.3) is 44.5 Å². The highest BCUT2D eigenvalue weighted by atomic mass is 31.2. The third-order valence-corrected chi connectivity index (χ3v) is 12.7. The molecule has 7 aromatic rings. The van der Waals surface area contributed by atoms with Crippen molar-refractivity contribution >= 4 is 23.1 Å². The van der Waals surface area contributed by atoms with Crippen molar-refractivity contribution in [1.82, 2.24) is 0 Å². The Kier molecular flexibility index (Phi) is 6.54. The highest BCUT2D eigenvalue weighted by Crippen LogP contribution is 2.63. The van der Waals surface area contributed by atoms with Crippen LogP contribution in [-0.2, 0) is 4.57 Å². The zero-order chi connectivity index (χ0) is 32.4. The molecule has 0 amide bonds. The van der Waals surface area contributed by atoms with Gasteiger partial charge in [0.15, 0.2) is 18.6 Å². The Morgan fingerprint density at radius 2 is 0.833 bits per heavy atom. The molecule has 2 aliphatic heterocycles. The van der Waals surface area contributed by atoms with Crippen molar-refractivity contribution in [2.45, 2.75) is 13.8 Å². The van der Waals surface area contributed by atoms with Crippen LogP contribution in [0.5, 0.6) is 23.0 Å². The molecule has 0 aromatic heterocycles. The second kappa shape index (κ2) is 11.0. The summed E-state index contributed by atoms with van der Waals surface area (Å²) >= 11 is 0. The van der Waals surface area contributed by atoms with E-state index in [1.807, 2.05) is 84.9 Å². The van der Waals surface area contributed by atoms with E-state index in [4.69, 9.17) is 9.47 Å². The Labute approximate surface area is 280 Å². The van der Waals surface area contributed by atoms with E-state index in [1.165, 1.54) is 0 Å². The third-order valence-electron chi connectivity index (χ3n) is 9.64. The second-order valence-electron chi connectivity index (χ2n) is 12.5. The molecule has 3 nitrogen and oxygen atoms in total. The van der Waals surface area contributed by atoms with Gasteiger partial charge in [-0.25, -0.2) is 0 Å². The summed E-state index contributed by atoms with van der Waals surface area (Å²) in [4.78, 5) is 0. The lowest BCUT2D eigenvalue weighted by Gasteiger charge is -2.38. The Morgan fingerprint density at radius 3 is 1.42 bits per heavy atom. The van der Waals surface area contributed by atoms with Gasteiger partial charge in [-0.15, -0.1) is 0 Å². The normalized spacial score (nSPS) is 15.4. The van der Waals surface area contributed by atoms with Crippen LogP contribution in [-0.4, -0.2) is 0 Å². The van der Waals surface area contributed by atoms with E-state index in [0.29, 0.717) is 38.9 Å². The summed E-state index contributed by atoms with van der Waals surface area (Å²) in [6.45, 7) is 4.21. The fourth-order valence-electron chi connectivity index (χ4n) is 7.30. The summed E-state index contributed by atoms with van der Waals surface area (Å²) in [7, 11) is -3.58. The number of benzene rings is 7. The minimum atomic E-state index is -3.58. The van der Waals surface area contributed by atoms with E-state index in [2.05, 4.69) is 80.6 Å². The molecule has 0 spiro atoms. The molecular formula is C44H31O3P. The van der Waals surface area contributed by atoms with E-state index in [1.54, 1.807) is 0 Å². The summed E-state index contributed by atoms with van der Waals surface area (Å²) in [5, 5.41) is 1.99. The number of hydrogen-bond acceptors (Lipinski definition) is 3. The lowest BCUT2D eigenvalue weighted by Crippen LogP contribution is -2.36. The summed E-state index contributed by atoms with van der Waals surface area (Å²) in [6.07, 6.45) is 0. The number of para-hydroxylation sites is 2. The minimum Gasteiger partial charge on any atom is -0.454 e. The van der Waals surface area contributed by atoms with Crippen molar-refractivity contribution in [3.63, 3.8) is 0 Å². The molecule has 1 atom stereocenters. The molecule has 0 saturated carbocycles. The maximum atomic E-state index is 16.7. The van der Waals surface area contributed by atoms with Crippen molar-refractivity contribution < 1.29 is 14.0 Å². The van der Waals surface area contributed by atoms with E-state index in [9.17, 15) is 0 Å². The molecule has 0 N–H and O–H groups in total. The molecule has 230 valence electrons. The van der Waals surface area contributed by atoms with Gasteiger partial charge in [0.05, 0.1) is 10.6 Å². The average Bonchev–Trinajstić information content (AvgIpc) is 3.13. The largest absolute Gasteiger partial charge is 0.454 e. The van der Waals surface area contributed by atoms with E-state index in [-0.39, 0.29) is 0 Å². The fraction of sp³-hybridized carbons (Fsp3) is 0.0455. The molecule has 0 saturated heterocycles. The molecule has 2 heterocycles. The van der Waals surface area contributed by atoms with Gasteiger partial charge in [0.2, 0.25) is 0 Å². The number of hydrogen-bond donors (Lipinski definition) is 0. The van der Waals surface area contributed by atoms with E-state index in [0.717, 1.165) is 55.6 Å². The second-order valence-corrected chi connectivity index (χ2v) is 15.1. The van der Waals surface area contributed by atoms with Crippen LogP contribution in [0.3, 0.4) is 0 Å². The highest BCUT2D eigenvalue weighted by Gasteiger charge is 2.49. The third kappa shape index (κ3) is 4.18. The van der Waals surface area contributed by atoms with Gasteiger partial charge in [-0.3, -0.25) is 0 Å². The molecule has 1 unspecified atom stereocenters. The van der Waals surface area contributed by atoms with Crippen molar-refractivity contribution in [2.24, 2.45) is 0 Å². The molecule has 4 heteroatoms. The van der Waals surface area contributed by atoms with Gasteiger partial charge in [0.1, 0.15) is 16.8 Å². The van der Waals surface area contributed by atoms with E-state index >= 15 is 4.57 Å². The lowest BCUT2D eigenvalue weighted by atomic mass is 9.94. The van der Waals surface area contributed by atoms with Gasteiger partial charge in [0.25, 0.3) is 0 Å². The molecule has 0 aliphatic carbocycles. The summed E-state index contributed by atoms with van der Waals surface area (Å²) in [5.41, 5.74) is 9.88. The van der Waals surface area contributed by atoms with Crippen LogP contribution < -0.4 is 25.4 Å². The maximum absolute atomic E-state index is 16.7. The first kappa shape index (κ1) is 28.6. The number of rotatable bonds is 4. The topological polar surface area (TPSA) is 35.5 Å². The quantitative estimate of drug-likeness (QED) is 0.180. The zero-order valence-corrected chi connectivity index (χ0v) is 27.5. The first-order valence-electron chi connectivity index (χ1n) is 16.2. The Balaban J connectivity index is 1.45. The summed E-state index contributed by atoms with van der Waals surface area (Å²) in [6, 6.07) is 51.3. The first-order chi connectivity index (χ1) is 23.5. The predicted molar refractivity (Wildman–Crippen MR) is 197 cm³/mol. The van der Waals surface area contributed by atoms with Crippen LogP contribution in [0.4, 0.5) is 0 Å². The SMILES string of the molecule is Cc1ccccc1-c1cccc2c1Oc1c(-c3ccccc3C)cc(-c3ccccc3)c3c1P2(=O)c1cccc(-c2ccccc2)c1O3. The summed E-state index contributed by atoms with van der Waals surface area (Å²) < 4.78 is 30.9. The molecule has 0 fully saturated rings. The van der Waals surface area contributed by atoms with Gasteiger partial charge in [0, 0.05) is 22.3 Å².